The average molecular weight is 332 g/mol. The van der Waals surface area contributed by atoms with Gasteiger partial charge in [-0.15, -0.1) is 0 Å². The second-order valence-corrected chi connectivity index (χ2v) is 5.19. The molecule has 1 N–H and O–H groups in total. The Balaban J connectivity index is 2.80. The molecule has 2 rings (SSSR count). The number of nitro benzene ring substituents is 1. The lowest BCUT2D eigenvalue weighted by atomic mass is 10.1. The maximum atomic E-state index is 12.8. The van der Waals surface area contributed by atoms with E-state index in [0.29, 0.717) is 6.42 Å². The molecule has 0 aliphatic heterocycles. The normalized spacial score (nSPS) is 11.9. The number of imide groups is 1. The van der Waals surface area contributed by atoms with Crippen molar-refractivity contribution < 1.29 is 14.5 Å². The molecule has 0 spiro atoms. The molecule has 2 aromatic rings. The van der Waals surface area contributed by atoms with E-state index in [9.17, 15) is 24.5 Å². The Kier molecular flexibility index (Phi) is 5.02. The summed E-state index contributed by atoms with van der Waals surface area (Å²) in [6.07, 6.45) is 1.09. The Morgan fingerprint density at radius 3 is 2.79 bits per heavy atom. The molecule has 1 atom stereocenters. The number of aromatic nitrogens is 2. The van der Waals surface area contributed by atoms with Gasteiger partial charge in [0, 0.05) is 6.07 Å². The summed E-state index contributed by atoms with van der Waals surface area (Å²) in [6, 6.07) is 3.19. The van der Waals surface area contributed by atoms with E-state index in [0.717, 1.165) is 4.57 Å². The van der Waals surface area contributed by atoms with Crippen molar-refractivity contribution in [3.05, 3.63) is 44.5 Å². The maximum absolute atomic E-state index is 12.8. The minimum atomic E-state index is -0.968. The van der Waals surface area contributed by atoms with Gasteiger partial charge in [-0.05, 0) is 19.4 Å². The van der Waals surface area contributed by atoms with Crippen LogP contribution in [-0.2, 0) is 9.59 Å². The predicted molar refractivity (Wildman–Crippen MR) is 85.5 cm³/mol. The number of non-ortho nitro benzene ring substituents is 1. The third-order valence-electron chi connectivity index (χ3n) is 3.66. The van der Waals surface area contributed by atoms with Crippen LogP contribution in [0.1, 0.15) is 31.6 Å². The number of fused-ring (bicyclic) bond motifs is 1. The first-order valence-corrected chi connectivity index (χ1v) is 7.32. The lowest BCUT2D eigenvalue weighted by Crippen LogP contribution is -2.38. The fraction of sp³-hybridized carbons (Fsp3) is 0.333. The van der Waals surface area contributed by atoms with Crippen LogP contribution in [0.25, 0.3) is 10.9 Å². The minimum Gasteiger partial charge on any atom is -0.297 e. The molecule has 0 aliphatic carbocycles. The number of amides is 2. The van der Waals surface area contributed by atoms with Crippen molar-refractivity contribution in [2.75, 3.05) is 0 Å². The monoisotopic (exact) mass is 332 g/mol. The number of carbonyl (C=O) groups excluding carboxylic acids is 2. The lowest BCUT2D eigenvalue weighted by Gasteiger charge is -2.19. The molecule has 2 amide bonds. The summed E-state index contributed by atoms with van der Waals surface area (Å²) >= 11 is 0. The molecule has 1 unspecified atom stereocenters. The van der Waals surface area contributed by atoms with Crippen molar-refractivity contribution in [1.82, 2.24) is 14.9 Å². The van der Waals surface area contributed by atoms with E-state index in [1.807, 2.05) is 12.2 Å². The zero-order chi connectivity index (χ0) is 17.9. The second-order valence-electron chi connectivity index (χ2n) is 5.19. The summed E-state index contributed by atoms with van der Waals surface area (Å²) in [7, 11) is 0. The molecule has 1 aromatic carbocycles. The summed E-state index contributed by atoms with van der Waals surface area (Å²) < 4.78 is 1.11. The Labute approximate surface area is 136 Å². The molecule has 24 heavy (non-hydrogen) atoms. The van der Waals surface area contributed by atoms with E-state index >= 15 is 0 Å². The highest BCUT2D eigenvalue weighted by atomic mass is 16.6. The first kappa shape index (κ1) is 17.3. The number of nitrogens with zero attached hydrogens (tertiary/aromatic N) is 3. The number of aryl methyl sites for hydroxylation is 1. The Bertz CT molecular complexity index is 874. The van der Waals surface area contributed by atoms with E-state index in [1.165, 1.54) is 25.1 Å². The summed E-state index contributed by atoms with van der Waals surface area (Å²) in [6.45, 7) is 3.36. The van der Waals surface area contributed by atoms with Crippen LogP contribution in [0.4, 0.5) is 5.69 Å². The van der Waals surface area contributed by atoms with Crippen molar-refractivity contribution in [2.45, 2.75) is 32.7 Å². The highest BCUT2D eigenvalue weighted by molar-refractivity contribution is 5.90. The molecule has 0 aliphatic rings. The van der Waals surface area contributed by atoms with Gasteiger partial charge in [0.05, 0.1) is 10.4 Å². The third-order valence-corrected chi connectivity index (χ3v) is 3.66. The van der Waals surface area contributed by atoms with Crippen LogP contribution in [0.15, 0.2) is 23.0 Å². The van der Waals surface area contributed by atoms with Crippen molar-refractivity contribution in [2.24, 2.45) is 0 Å². The third kappa shape index (κ3) is 3.00. The molecule has 0 saturated carbocycles. The zero-order valence-electron chi connectivity index (χ0n) is 13.2. The largest absolute Gasteiger partial charge is 0.297 e. The van der Waals surface area contributed by atoms with Crippen molar-refractivity contribution in [1.29, 1.82) is 0 Å². The molecule has 9 heteroatoms. The second kappa shape index (κ2) is 6.99. The van der Waals surface area contributed by atoms with Crippen molar-refractivity contribution in [3.8, 4) is 0 Å². The van der Waals surface area contributed by atoms with Crippen molar-refractivity contribution >= 4 is 28.9 Å². The van der Waals surface area contributed by atoms with Crippen LogP contribution in [0.2, 0.25) is 0 Å². The van der Waals surface area contributed by atoms with Gasteiger partial charge in [-0.2, -0.15) is 0 Å². The van der Waals surface area contributed by atoms with E-state index in [-0.39, 0.29) is 35.2 Å². The molecule has 1 aromatic heterocycles. The minimum absolute atomic E-state index is 0.159. The number of benzene rings is 1. The van der Waals surface area contributed by atoms with Gasteiger partial charge in [0.2, 0.25) is 12.3 Å². The van der Waals surface area contributed by atoms with Crippen LogP contribution < -0.4 is 10.9 Å². The first-order chi connectivity index (χ1) is 11.4. The SMILES string of the molecule is CCCC(C(=O)NC=O)n1c(C)nc2cccc([N+](=O)[O-])c2c1=O. The molecule has 0 radical (unpaired) electrons. The topological polar surface area (TPSA) is 124 Å². The smallest absolute Gasteiger partial charge is 0.284 e. The van der Waals surface area contributed by atoms with E-state index in [2.05, 4.69) is 4.98 Å². The molecule has 1 heterocycles. The summed E-state index contributed by atoms with van der Waals surface area (Å²) in [5.74, 6) is -0.413. The lowest BCUT2D eigenvalue weighted by molar-refractivity contribution is -0.383. The molecule has 9 nitrogen and oxygen atoms in total. The standard InChI is InChI=1S/C15H16N4O5/c1-3-5-12(14(21)16-8-20)18-9(2)17-10-6-4-7-11(19(23)24)13(10)15(18)22/h4,6-8,12H,3,5H2,1-2H3,(H,16,20,21). The summed E-state index contributed by atoms with van der Waals surface area (Å²) in [4.78, 5) is 50.3. The number of hydrogen-bond acceptors (Lipinski definition) is 6. The van der Waals surface area contributed by atoms with Crippen LogP contribution in [0, 0.1) is 17.0 Å². The van der Waals surface area contributed by atoms with Crippen LogP contribution >= 0.6 is 0 Å². The van der Waals surface area contributed by atoms with Gasteiger partial charge in [-0.1, -0.05) is 19.4 Å². The Morgan fingerprint density at radius 1 is 1.50 bits per heavy atom. The number of rotatable bonds is 6. The predicted octanol–water partition coefficient (Wildman–Crippen LogP) is 1.23. The maximum Gasteiger partial charge on any atom is 0.284 e. The zero-order valence-corrected chi connectivity index (χ0v) is 13.2. The van der Waals surface area contributed by atoms with Gasteiger partial charge >= 0.3 is 0 Å². The fourth-order valence-corrected chi connectivity index (χ4v) is 2.66. The molecule has 0 fully saturated rings. The van der Waals surface area contributed by atoms with E-state index in [4.69, 9.17) is 0 Å². The van der Waals surface area contributed by atoms with E-state index < -0.39 is 22.4 Å². The molecule has 0 saturated heterocycles. The fourth-order valence-electron chi connectivity index (χ4n) is 2.66. The summed E-state index contributed by atoms with van der Waals surface area (Å²) in [5.41, 5.74) is -0.858. The van der Waals surface area contributed by atoms with Gasteiger partial charge in [-0.3, -0.25) is 34.4 Å². The summed E-state index contributed by atoms with van der Waals surface area (Å²) in [5, 5.41) is 13.1. The number of carbonyl (C=O) groups is 2. The number of nitrogens with one attached hydrogen (secondary N) is 1. The quantitative estimate of drug-likeness (QED) is 0.482. The molecule has 0 bridgehead atoms. The molecular formula is C15H16N4O5. The highest BCUT2D eigenvalue weighted by Gasteiger charge is 2.26. The molecular weight excluding hydrogens is 316 g/mol. The highest BCUT2D eigenvalue weighted by Crippen LogP contribution is 2.23. The van der Waals surface area contributed by atoms with Gasteiger partial charge < -0.3 is 0 Å². The first-order valence-electron chi connectivity index (χ1n) is 7.32. The van der Waals surface area contributed by atoms with Crippen LogP contribution in [0.5, 0.6) is 0 Å². The van der Waals surface area contributed by atoms with Gasteiger partial charge in [-0.25, -0.2) is 4.98 Å². The van der Waals surface area contributed by atoms with Crippen LogP contribution in [0.3, 0.4) is 0 Å². The van der Waals surface area contributed by atoms with Crippen LogP contribution in [-0.4, -0.2) is 26.8 Å². The Morgan fingerprint density at radius 2 is 2.21 bits per heavy atom. The van der Waals surface area contributed by atoms with Gasteiger partial charge in [0.25, 0.3) is 11.2 Å². The average Bonchev–Trinajstić information content (AvgIpc) is 2.53. The Hall–Kier alpha value is -3.10. The van der Waals surface area contributed by atoms with E-state index in [1.54, 1.807) is 0 Å². The number of nitro groups is 1. The van der Waals surface area contributed by atoms with Gasteiger partial charge in [0.1, 0.15) is 17.3 Å². The molecule has 126 valence electrons. The number of hydrogen-bond donors (Lipinski definition) is 1. The van der Waals surface area contributed by atoms with Gasteiger partial charge in [0.15, 0.2) is 0 Å². The van der Waals surface area contributed by atoms with Crippen molar-refractivity contribution in [3.63, 3.8) is 0 Å².